The lowest BCUT2D eigenvalue weighted by atomic mass is 10.0. The molecule has 1 aromatic rings. The molecule has 0 aliphatic heterocycles. The minimum atomic E-state index is -0.508. The lowest BCUT2D eigenvalue weighted by Gasteiger charge is -2.17. The van der Waals surface area contributed by atoms with Crippen molar-refractivity contribution in [3.05, 3.63) is 34.9 Å². The zero-order valence-corrected chi connectivity index (χ0v) is 11.8. The number of carbonyl (C=O) groups excluding carboxylic acids is 2. The van der Waals surface area contributed by atoms with Crippen LogP contribution in [0.25, 0.3) is 0 Å². The summed E-state index contributed by atoms with van der Waals surface area (Å²) in [6.45, 7) is 2.09. The molecule has 0 aliphatic rings. The quantitative estimate of drug-likeness (QED) is 0.772. The first-order chi connectivity index (χ1) is 9.06. The Morgan fingerprint density at radius 2 is 1.89 bits per heavy atom. The van der Waals surface area contributed by atoms with Gasteiger partial charge in [0.05, 0.1) is 6.54 Å². The van der Waals surface area contributed by atoms with E-state index in [9.17, 15) is 9.59 Å². The molecule has 0 bridgehead atoms. The number of rotatable bonds is 5. The van der Waals surface area contributed by atoms with Crippen molar-refractivity contribution in [2.45, 2.75) is 19.4 Å². The Morgan fingerprint density at radius 3 is 2.42 bits per heavy atom. The van der Waals surface area contributed by atoms with Crippen molar-refractivity contribution < 1.29 is 9.59 Å². The van der Waals surface area contributed by atoms with Crippen LogP contribution in [0.1, 0.15) is 24.9 Å². The van der Waals surface area contributed by atoms with Crippen molar-refractivity contribution in [2.75, 3.05) is 13.6 Å². The molecule has 1 atom stereocenters. The minimum Gasteiger partial charge on any atom is -0.341 e. The molecular weight excluding hydrogens is 266 g/mol. The molecule has 0 spiro atoms. The summed E-state index contributed by atoms with van der Waals surface area (Å²) in [4.78, 5) is 22.4. The minimum absolute atomic E-state index is 0.0488. The third-order valence-electron chi connectivity index (χ3n) is 2.67. The van der Waals surface area contributed by atoms with Gasteiger partial charge in [0.25, 0.3) is 0 Å². The largest absolute Gasteiger partial charge is 0.341 e. The molecule has 0 aliphatic carbocycles. The summed E-state index contributed by atoms with van der Waals surface area (Å²) in [6.07, 6.45) is 0.828. The van der Waals surface area contributed by atoms with Gasteiger partial charge in [0, 0.05) is 18.1 Å². The van der Waals surface area contributed by atoms with Crippen LogP contribution in [0.2, 0.25) is 5.02 Å². The average Bonchev–Trinajstić information content (AvgIpc) is 2.41. The Morgan fingerprint density at radius 1 is 1.26 bits per heavy atom. The molecular formula is C13H18ClN3O2. The zero-order valence-electron chi connectivity index (χ0n) is 11.0. The molecule has 3 N–H and O–H groups in total. The fraction of sp³-hybridized carbons (Fsp3) is 0.385. The van der Waals surface area contributed by atoms with E-state index in [2.05, 4.69) is 16.0 Å². The second kappa shape index (κ2) is 7.76. The number of hydrogen-bond acceptors (Lipinski definition) is 3. The first kappa shape index (κ1) is 15.5. The van der Waals surface area contributed by atoms with Crippen LogP contribution in [0, 0.1) is 0 Å². The smallest absolute Gasteiger partial charge is 0.321 e. The molecule has 104 valence electrons. The molecule has 1 unspecified atom stereocenters. The Bertz CT molecular complexity index is 434. The fourth-order valence-corrected chi connectivity index (χ4v) is 1.77. The number of nitrogens with one attached hydrogen (secondary N) is 3. The van der Waals surface area contributed by atoms with Crippen LogP contribution in [-0.4, -0.2) is 25.5 Å². The highest BCUT2D eigenvalue weighted by atomic mass is 35.5. The average molecular weight is 284 g/mol. The Balaban J connectivity index is 2.51. The van der Waals surface area contributed by atoms with Crippen LogP contribution >= 0.6 is 11.6 Å². The van der Waals surface area contributed by atoms with E-state index in [0.717, 1.165) is 12.0 Å². The summed E-state index contributed by atoms with van der Waals surface area (Å²) >= 11 is 5.83. The molecule has 0 radical (unpaired) electrons. The number of carbonyl (C=O) groups is 2. The molecule has 0 fully saturated rings. The molecule has 3 amide bonds. The third-order valence-corrected chi connectivity index (χ3v) is 2.92. The molecule has 1 aromatic carbocycles. The second-order valence-corrected chi connectivity index (χ2v) is 4.46. The van der Waals surface area contributed by atoms with Gasteiger partial charge in [-0.05, 0) is 24.1 Å². The van der Waals surface area contributed by atoms with Crippen molar-refractivity contribution in [3.63, 3.8) is 0 Å². The van der Waals surface area contributed by atoms with E-state index in [1.807, 2.05) is 31.2 Å². The number of urea groups is 1. The first-order valence-corrected chi connectivity index (χ1v) is 6.45. The standard InChI is InChI=1S/C13H18ClN3O2/c1-3-11(9-4-6-10(14)7-5-9)16-8-12(18)17-13(19)15-2/h4-7,11,16H,3,8H2,1-2H3,(H2,15,17,18,19). The topological polar surface area (TPSA) is 70.2 Å². The molecule has 6 heteroatoms. The fourth-order valence-electron chi connectivity index (χ4n) is 1.64. The molecule has 0 saturated heterocycles. The highest BCUT2D eigenvalue weighted by Gasteiger charge is 2.11. The van der Waals surface area contributed by atoms with Gasteiger partial charge in [0.1, 0.15) is 0 Å². The normalized spacial score (nSPS) is 11.7. The maximum atomic E-state index is 11.5. The third kappa shape index (κ3) is 5.28. The summed E-state index contributed by atoms with van der Waals surface area (Å²) in [6, 6.07) is 7.00. The van der Waals surface area contributed by atoms with Gasteiger partial charge in [0.15, 0.2) is 0 Å². The summed E-state index contributed by atoms with van der Waals surface area (Å²) in [5, 5.41) is 8.30. The summed E-state index contributed by atoms with van der Waals surface area (Å²) in [5.41, 5.74) is 1.06. The van der Waals surface area contributed by atoms with Crippen LogP contribution in [0.4, 0.5) is 4.79 Å². The highest BCUT2D eigenvalue weighted by molar-refractivity contribution is 6.30. The molecule has 1 rings (SSSR count). The predicted molar refractivity (Wildman–Crippen MR) is 75.1 cm³/mol. The predicted octanol–water partition coefficient (Wildman–Crippen LogP) is 1.84. The van der Waals surface area contributed by atoms with E-state index in [1.54, 1.807) is 0 Å². The van der Waals surface area contributed by atoms with Gasteiger partial charge in [-0.1, -0.05) is 30.7 Å². The first-order valence-electron chi connectivity index (χ1n) is 6.07. The molecule has 0 saturated carbocycles. The maximum Gasteiger partial charge on any atom is 0.321 e. The Kier molecular flexibility index (Phi) is 6.32. The van der Waals surface area contributed by atoms with Gasteiger partial charge >= 0.3 is 6.03 Å². The number of amides is 3. The van der Waals surface area contributed by atoms with Gasteiger partial charge in [0.2, 0.25) is 5.91 Å². The monoisotopic (exact) mass is 283 g/mol. The van der Waals surface area contributed by atoms with Crippen molar-refractivity contribution in [2.24, 2.45) is 0 Å². The van der Waals surface area contributed by atoms with Crippen LogP contribution in [0.5, 0.6) is 0 Å². The van der Waals surface area contributed by atoms with Gasteiger partial charge < -0.3 is 10.6 Å². The van der Waals surface area contributed by atoms with Crippen molar-refractivity contribution in [1.82, 2.24) is 16.0 Å². The molecule has 5 nitrogen and oxygen atoms in total. The van der Waals surface area contributed by atoms with Crippen LogP contribution in [0.15, 0.2) is 24.3 Å². The van der Waals surface area contributed by atoms with Crippen LogP contribution < -0.4 is 16.0 Å². The summed E-state index contributed by atoms with van der Waals surface area (Å²) < 4.78 is 0. The van der Waals surface area contributed by atoms with E-state index in [4.69, 9.17) is 11.6 Å². The second-order valence-electron chi connectivity index (χ2n) is 4.02. The number of hydrogen-bond donors (Lipinski definition) is 3. The van der Waals surface area contributed by atoms with E-state index < -0.39 is 6.03 Å². The highest BCUT2D eigenvalue weighted by Crippen LogP contribution is 2.18. The van der Waals surface area contributed by atoms with Crippen molar-refractivity contribution >= 4 is 23.5 Å². The lowest BCUT2D eigenvalue weighted by molar-refractivity contribution is -0.119. The Labute approximate surface area is 117 Å². The van der Waals surface area contributed by atoms with Gasteiger partial charge in [-0.15, -0.1) is 0 Å². The summed E-state index contributed by atoms with van der Waals surface area (Å²) in [5.74, 6) is -0.369. The van der Waals surface area contributed by atoms with Gasteiger partial charge in [-0.2, -0.15) is 0 Å². The maximum absolute atomic E-state index is 11.5. The van der Waals surface area contributed by atoms with Gasteiger partial charge in [-0.25, -0.2) is 4.79 Å². The van der Waals surface area contributed by atoms with Crippen molar-refractivity contribution in [1.29, 1.82) is 0 Å². The molecule has 0 heterocycles. The zero-order chi connectivity index (χ0) is 14.3. The van der Waals surface area contributed by atoms with Crippen LogP contribution in [-0.2, 0) is 4.79 Å². The van der Waals surface area contributed by atoms with Crippen molar-refractivity contribution in [3.8, 4) is 0 Å². The summed E-state index contributed by atoms with van der Waals surface area (Å²) in [7, 11) is 1.46. The number of imide groups is 1. The van der Waals surface area contributed by atoms with E-state index in [-0.39, 0.29) is 18.5 Å². The SMILES string of the molecule is CCC(NCC(=O)NC(=O)NC)c1ccc(Cl)cc1. The molecule has 0 aromatic heterocycles. The van der Waals surface area contributed by atoms with Crippen LogP contribution in [0.3, 0.4) is 0 Å². The van der Waals surface area contributed by atoms with Gasteiger partial charge in [-0.3, -0.25) is 10.1 Å². The van der Waals surface area contributed by atoms with E-state index in [0.29, 0.717) is 5.02 Å². The van der Waals surface area contributed by atoms with E-state index in [1.165, 1.54) is 7.05 Å². The number of halogens is 1. The molecule has 19 heavy (non-hydrogen) atoms. The lowest BCUT2D eigenvalue weighted by Crippen LogP contribution is -2.42. The number of benzene rings is 1. The Hall–Kier alpha value is -1.59. The van der Waals surface area contributed by atoms with E-state index >= 15 is 0 Å².